The van der Waals surface area contributed by atoms with E-state index in [1.54, 1.807) is 25.1 Å². The average molecular weight is 400 g/mol. The molecule has 1 aromatic heterocycles. The fraction of sp³-hybridized carbons (Fsp3) is 0.375. The molecule has 0 radical (unpaired) electrons. The highest BCUT2D eigenvalue weighted by atomic mass is 32.9. The SMILES string of the molecule is CCOP(=S)(OCC)SCc1ccc(C(=O)Nc2cc(C)on2)cc1. The van der Waals surface area contributed by atoms with Crippen molar-refractivity contribution in [2.75, 3.05) is 18.5 Å². The highest BCUT2D eigenvalue weighted by Gasteiger charge is 2.19. The van der Waals surface area contributed by atoms with E-state index in [2.05, 4.69) is 10.5 Å². The zero-order chi connectivity index (χ0) is 18.3. The smallest absolute Gasteiger partial charge is 0.256 e. The fourth-order valence-corrected chi connectivity index (χ4v) is 6.41. The maximum atomic E-state index is 12.2. The Labute approximate surface area is 156 Å². The Morgan fingerprint density at radius 2 is 1.92 bits per heavy atom. The molecule has 0 saturated heterocycles. The lowest BCUT2D eigenvalue weighted by Gasteiger charge is -2.19. The maximum absolute atomic E-state index is 12.2. The Morgan fingerprint density at radius 3 is 2.44 bits per heavy atom. The van der Waals surface area contributed by atoms with E-state index in [0.717, 1.165) is 5.56 Å². The molecular weight excluding hydrogens is 379 g/mol. The van der Waals surface area contributed by atoms with Crippen molar-refractivity contribution in [3.8, 4) is 0 Å². The van der Waals surface area contributed by atoms with Crippen molar-refractivity contribution in [1.29, 1.82) is 0 Å². The van der Waals surface area contributed by atoms with Gasteiger partial charge in [-0.25, -0.2) is 0 Å². The van der Waals surface area contributed by atoms with E-state index in [4.69, 9.17) is 25.4 Å². The summed E-state index contributed by atoms with van der Waals surface area (Å²) in [7, 11) is 0. The van der Waals surface area contributed by atoms with Gasteiger partial charge in [0.2, 0.25) is 5.69 Å². The minimum atomic E-state index is -2.31. The number of nitrogens with zero attached hydrogens (tertiary/aromatic N) is 1. The highest BCUT2D eigenvalue weighted by Crippen LogP contribution is 2.61. The van der Waals surface area contributed by atoms with Gasteiger partial charge in [-0.1, -0.05) is 28.7 Å². The molecule has 136 valence electrons. The Balaban J connectivity index is 1.94. The predicted molar refractivity (Wildman–Crippen MR) is 104 cm³/mol. The molecule has 1 heterocycles. The summed E-state index contributed by atoms with van der Waals surface area (Å²) in [5.74, 6) is 1.47. The molecule has 2 aromatic rings. The molecule has 0 unspecified atom stereocenters. The first-order valence-electron chi connectivity index (χ1n) is 7.83. The number of aromatic nitrogens is 1. The largest absolute Gasteiger partial charge is 0.360 e. The molecule has 25 heavy (non-hydrogen) atoms. The van der Waals surface area contributed by atoms with Gasteiger partial charge in [0, 0.05) is 17.4 Å². The average Bonchev–Trinajstić information content (AvgIpc) is 2.99. The molecule has 0 atom stereocenters. The third kappa shape index (κ3) is 6.24. The number of aryl methyl sites for hydroxylation is 1. The third-order valence-electron chi connectivity index (χ3n) is 3.05. The van der Waals surface area contributed by atoms with E-state index >= 15 is 0 Å². The van der Waals surface area contributed by atoms with Gasteiger partial charge in [-0.2, -0.15) is 0 Å². The highest BCUT2D eigenvalue weighted by molar-refractivity contribution is 8.67. The lowest BCUT2D eigenvalue weighted by Crippen LogP contribution is -2.11. The van der Waals surface area contributed by atoms with E-state index in [0.29, 0.717) is 36.1 Å². The lowest BCUT2D eigenvalue weighted by molar-refractivity contribution is 0.102. The number of amides is 1. The molecule has 0 fully saturated rings. The van der Waals surface area contributed by atoms with Gasteiger partial charge in [-0.05, 0) is 50.3 Å². The summed E-state index contributed by atoms with van der Waals surface area (Å²) in [5, 5.41) is 6.43. The fourth-order valence-electron chi connectivity index (χ4n) is 1.95. The minimum absolute atomic E-state index is 0.235. The molecule has 0 aliphatic heterocycles. The van der Waals surface area contributed by atoms with Gasteiger partial charge in [0.1, 0.15) is 5.76 Å². The topological polar surface area (TPSA) is 73.6 Å². The minimum Gasteiger partial charge on any atom is -0.360 e. The van der Waals surface area contributed by atoms with Gasteiger partial charge in [0.05, 0.1) is 13.2 Å². The molecule has 6 nitrogen and oxygen atoms in total. The predicted octanol–water partition coefficient (Wildman–Crippen LogP) is 4.77. The van der Waals surface area contributed by atoms with Crippen molar-refractivity contribution in [1.82, 2.24) is 5.16 Å². The van der Waals surface area contributed by atoms with Crippen LogP contribution in [0.5, 0.6) is 0 Å². The third-order valence-corrected chi connectivity index (χ3v) is 8.53. The molecule has 1 N–H and O–H groups in total. The van der Waals surface area contributed by atoms with Crippen molar-refractivity contribution in [2.45, 2.75) is 26.5 Å². The van der Waals surface area contributed by atoms with Crippen molar-refractivity contribution in [3.63, 3.8) is 0 Å². The first-order chi connectivity index (χ1) is 12.0. The van der Waals surface area contributed by atoms with Gasteiger partial charge in [-0.15, -0.1) is 0 Å². The Kier molecular flexibility index (Phi) is 7.65. The molecule has 2 rings (SSSR count). The quantitative estimate of drug-likeness (QED) is 0.608. The summed E-state index contributed by atoms with van der Waals surface area (Å²) >= 11 is 7.00. The first-order valence-corrected chi connectivity index (χ1v) is 12.1. The van der Waals surface area contributed by atoms with Crippen LogP contribution in [0.2, 0.25) is 0 Å². The number of anilines is 1. The van der Waals surface area contributed by atoms with Crippen LogP contribution in [0.1, 0.15) is 35.5 Å². The number of hydrogen-bond acceptors (Lipinski definition) is 7. The van der Waals surface area contributed by atoms with Crippen LogP contribution in [0.15, 0.2) is 34.9 Å². The van der Waals surface area contributed by atoms with Gasteiger partial charge in [-0.3, -0.25) is 4.79 Å². The van der Waals surface area contributed by atoms with Gasteiger partial charge in [0.15, 0.2) is 5.82 Å². The summed E-state index contributed by atoms with van der Waals surface area (Å²) in [4.78, 5) is 12.2. The molecule has 0 bridgehead atoms. The Hall–Kier alpha value is -1.18. The molecule has 1 amide bonds. The number of nitrogens with one attached hydrogen (secondary N) is 1. The number of hydrogen-bond donors (Lipinski definition) is 1. The van der Waals surface area contributed by atoms with Crippen LogP contribution >= 0.6 is 17.1 Å². The van der Waals surface area contributed by atoms with Crippen LogP contribution < -0.4 is 5.32 Å². The van der Waals surface area contributed by atoms with E-state index in [1.807, 2.05) is 26.0 Å². The van der Waals surface area contributed by atoms with Crippen molar-refractivity contribution in [2.24, 2.45) is 0 Å². The van der Waals surface area contributed by atoms with Crippen LogP contribution in [-0.2, 0) is 26.6 Å². The lowest BCUT2D eigenvalue weighted by atomic mass is 10.1. The first kappa shape index (κ1) is 20.1. The number of carbonyl (C=O) groups is 1. The van der Waals surface area contributed by atoms with Crippen molar-refractivity contribution < 1.29 is 18.4 Å². The summed E-state index contributed by atoms with van der Waals surface area (Å²) in [5.41, 5.74) is -0.714. The van der Waals surface area contributed by atoms with Crippen molar-refractivity contribution >= 4 is 40.6 Å². The molecule has 0 saturated carbocycles. The second-order valence-corrected chi connectivity index (χ2v) is 11.3. The molecular formula is C16H21N2O4PS2. The number of carbonyl (C=O) groups excluding carboxylic acids is 1. The molecule has 0 spiro atoms. The molecule has 1 aromatic carbocycles. The van der Waals surface area contributed by atoms with Crippen LogP contribution in [0.4, 0.5) is 5.82 Å². The van der Waals surface area contributed by atoms with Crippen LogP contribution in [0.3, 0.4) is 0 Å². The van der Waals surface area contributed by atoms with Crippen LogP contribution in [0, 0.1) is 6.92 Å². The summed E-state index contributed by atoms with van der Waals surface area (Å²) in [6.07, 6.45) is 0. The summed E-state index contributed by atoms with van der Waals surface area (Å²) in [6, 6.07) is 8.99. The van der Waals surface area contributed by atoms with E-state index in [-0.39, 0.29) is 5.91 Å². The van der Waals surface area contributed by atoms with E-state index in [9.17, 15) is 4.79 Å². The van der Waals surface area contributed by atoms with Crippen LogP contribution in [-0.4, -0.2) is 24.3 Å². The summed E-state index contributed by atoms with van der Waals surface area (Å²) in [6.45, 7) is 6.64. The zero-order valence-corrected chi connectivity index (χ0v) is 16.9. The van der Waals surface area contributed by atoms with E-state index < -0.39 is 5.69 Å². The summed E-state index contributed by atoms with van der Waals surface area (Å²) < 4.78 is 16.1. The molecule has 0 aliphatic rings. The van der Waals surface area contributed by atoms with Crippen molar-refractivity contribution in [3.05, 3.63) is 47.2 Å². The zero-order valence-electron chi connectivity index (χ0n) is 14.4. The van der Waals surface area contributed by atoms with Gasteiger partial charge >= 0.3 is 0 Å². The van der Waals surface area contributed by atoms with Gasteiger partial charge < -0.3 is 18.9 Å². The van der Waals surface area contributed by atoms with Crippen LogP contribution in [0.25, 0.3) is 0 Å². The number of benzene rings is 1. The maximum Gasteiger partial charge on any atom is 0.256 e. The monoisotopic (exact) mass is 400 g/mol. The number of rotatable bonds is 9. The normalized spacial score (nSPS) is 11.5. The van der Waals surface area contributed by atoms with E-state index in [1.165, 1.54) is 11.4 Å². The molecule has 9 heteroatoms. The second-order valence-electron chi connectivity index (χ2n) is 5.03. The molecule has 0 aliphatic carbocycles. The Bertz CT molecular complexity index is 739. The Morgan fingerprint density at radius 1 is 1.28 bits per heavy atom. The van der Waals surface area contributed by atoms with Gasteiger partial charge in [0.25, 0.3) is 5.91 Å². The second kappa shape index (κ2) is 9.50. The standard InChI is InChI=1S/C16H21N2O4PS2/c1-4-20-23(24,21-5-2)25-11-13-6-8-14(9-7-13)16(19)17-15-10-12(3)22-18-15/h6-10H,4-5,11H2,1-3H3,(H,17,18,19).